The number of hydrogen-bond acceptors (Lipinski definition) is 5. The van der Waals surface area contributed by atoms with E-state index < -0.39 is 0 Å². The van der Waals surface area contributed by atoms with Gasteiger partial charge in [0, 0.05) is 57.1 Å². The predicted octanol–water partition coefficient (Wildman–Crippen LogP) is 2.56. The van der Waals surface area contributed by atoms with Gasteiger partial charge in [-0.3, -0.25) is 14.4 Å². The molecule has 0 unspecified atom stereocenters. The van der Waals surface area contributed by atoms with E-state index in [2.05, 4.69) is 9.88 Å². The largest absolute Gasteiger partial charge is 0.457 e. The van der Waals surface area contributed by atoms with Gasteiger partial charge in [0.2, 0.25) is 11.7 Å². The van der Waals surface area contributed by atoms with Crippen LogP contribution in [0.2, 0.25) is 0 Å². The Bertz CT molecular complexity index is 637. The fourth-order valence-corrected chi connectivity index (χ4v) is 2.93. The third-order valence-electron chi connectivity index (χ3n) is 4.40. The fraction of sp³-hybridized carbons (Fsp3) is 0.650. The van der Waals surface area contributed by atoms with E-state index in [1.807, 2.05) is 19.9 Å². The number of methoxy groups -OCH3 is 1. The average molecular weight is 380 g/mol. The number of hydrogen-bond donors (Lipinski definition) is 1. The van der Waals surface area contributed by atoms with Crippen LogP contribution in [-0.4, -0.2) is 49.1 Å². The second-order valence-corrected chi connectivity index (χ2v) is 6.66. The Balaban J connectivity index is 2.36. The minimum Gasteiger partial charge on any atom is -0.457 e. The number of aryl methyl sites for hydroxylation is 1. The molecule has 1 aromatic heterocycles. The lowest BCUT2D eigenvalue weighted by Crippen LogP contribution is -2.20. The molecule has 0 saturated heterocycles. The number of ketones is 1. The third-order valence-corrected chi connectivity index (χ3v) is 4.40. The molecule has 0 aliphatic rings. The monoisotopic (exact) mass is 380 g/mol. The Morgan fingerprint density at radius 2 is 1.85 bits per heavy atom. The van der Waals surface area contributed by atoms with Crippen LogP contribution in [0, 0.1) is 13.8 Å². The minimum absolute atomic E-state index is 0.0500. The van der Waals surface area contributed by atoms with E-state index in [9.17, 15) is 14.4 Å². The molecule has 1 rings (SSSR count). The van der Waals surface area contributed by atoms with E-state index in [0.29, 0.717) is 25.1 Å². The quantitative estimate of drug-likeness (QED) is 0.323. The highest BCUT2D eigenvalue weighted by Crippen LogP contribution is 2.16. The Hall–Kier alpha value is -2.15. The molecule has 0 saturated carbocycles. The summed E-state index contributed by atoms with van der Waals surface area (Å²) >= 11 is 0. The summed E-state index contributed by atoms with van der Waals surface area (Å²) in [7, 11) is 1.67. The highest BCUT2D eigenvalue weighted by atomic mass is 16.5. The van der Waals surface area contributed by atoms with Gasteiger partial charge in [0.25, 0.3) is 0 Å². The number of esters is 1. The summed E-state index contributed by atoms with van der Waals surface area (Å²) in [5.74, 6) is -0.595. The molecule has 0 aliphatic carbocycles. The summed E-state index contributed by atoms with van der Waals surface area (Å²) in [6.45, 7) is 7.19. The maximum atomic E-state index is 12.4. The molecule has 152 valence electrons. The van der Waals surface area contributed by atoms with Crippen molar-refractivity contribution in [2.24, 2.45) is 0 Å². The van der Waals surface area contributed by atoms with Gasteiger partial charge in [-0.1, -0.05) is 6.42 Å². The zero-order valence-corrected chi connectivity index (χ0v) is 16.9. The van der Waals surface area contributed by atoms with Crippen LogP contribution < -0.4 is 5.32 Å². The molecule has 7 heteroatoms. The van der Waals surface area contributed by atoms with E-state index in [-0.39, 0.29) is 30.7 Å². The molecule has 1 aromatic rings. The normalized spacial score (nSPS) is 10.7. The number of aromatic nitrogens is 1. The SMILES string of the molecule is COCCCn1c(C)cc(C(=O)COC(=O)CCCCCNC(C)=O)c1C. The van der Waals surface area contributed by atoms with Crippen LogP contribution in [-0.2, 0) is 25.6 Å². The van der Waals surface area contributed by atoms with Crippen LogP contribution >= 0.6 is 0 Å². The first-order valence-corrected chi connectivity index (χ1v) is 9.45. The number of carbonyl (C=O) groups is 3. The first-order chi connectivity index (χ1) is 12.9. The first kappa shape index (κ1) is 22.9. The molecular weight excluding hydrogens is 348 g/mol. The summed E-state index contributed by atoms with van der Waals surface area (Å²) in [4.78, 5) is 34.9. The number of amides is 1. The highest BCUT2D eigenvalue weighted by molar-refractivity contribution is 5.99. The summed E-state index contributed by atoms with van der Waals surface area (Å²) in [5, 5.41) is 2.71. The van der Waals surface area contributed by atoms with Crippen molar-refractivity contribution in [2.75, 3.05) is 26.9 Å². The van der Waals surface area contributed by atoms with Gasteiger partial charge in [-0.25, -0.2) is 0 Å². The number of carbonyl (C=O) groups excluding carboxylic acids is 3. The summed E-state index contributed by atoms with van der Waals surface area (Å²) in [6.07, 6.45) is 3.48. The van der Waals surface area contributed by atoms with Crippen molar-refractivity contribution in [1.82, 2.24) is 9.88 Å². The van der Waals surface area contributed by atoms with Crippen LogP contribution in [0.4, 0.5) is 0 Å². The van der Waals surface area contributed by atoms with Crippen molar-refractivity contribution in [3.05, 3.63) is 23.0 Å². The molecule has 1 N–H and O–H groups in total. The summed E-state index contributed by atoms with van der Waals surface area (Å²) in [5.41, 5.74) is 2.51. The van der Waals surface area contributed by atoms with Gasteiger partial charge < -0.3 is 19.4 Å². The molecule has 0 atom stereocenters. The number of unbranched alkanes of at least 4 members (excludes halogenated alkanes) is 2. The summed E-state index contributed by atoms with van der Waals surface area (Å²) in [6, 6.07) is 1.85. The van der Waals surface area contributed by atoms with Crippen molar-refractivity contribution < 1.29 is 23.9 Å². The van der Waals surface area contributed by atoms with E-state index in [1.165, 1.54) is 6.92 Å². The number of nitrogens with zero attached hydrogens (tertiary/aromatic N) is 1. The number of rotatable bonds is 13. The molecule has 0 aliphatic heterocycles. The lowest BCUT2D eigenvalue weighted by molar-refractivity contribution is -0.142. The number of nitrogens with one attached hydrogen (secondary N) is 1. The Morgan fingerprint density at radius 1 is 1.11 bits per heavy atom. The summed E-state index contributed by atoms with van der Waals surface area (Å²) < 4.78 is 12.3. The van der Waals surface area contributed by atoms with Crippen molar-refractivity contribution in [2.45, 2.75) is 59.4 Å². The Morgan fingerprint density at radius 3 is 2.52 bits per heavy atom. The predicted molar refractivity (Wildman–Crippen MR) is 103 cm³/mol. The molecule has 0 aromatic carbocycles. The van der Waals surface area contributed by atoms with Gasteiger partial charge in [0.05, 0.1) is 0 Å². The van der Waals surface area contributed by atoms with Crippen LogP contribution in [0.1, 0.15) is 60.8 Å². The maximum absolute atomic E-state index is 12.4. The molecular formula is C20H32N2O5. The van der Waals surface area contributed by atoms with Crippen LogP contribution in [0.25, 0.3) is 0 Å². The average Bonchev–Trinajstić information content (AvgIpc) is 2.90. The zero-order chi connectivity index (χ0) is 20.2. The van der Waals surface area contributed by atoms with Gasteiger partial charge in [-0.2, -0.15) is 0 Å². The lowest BCUT2D eigenvalue weighted by atomic mass is 10.1. The molecule has 0 spiro atoms. The highest BCUT2D eigenvalue weighted by Gasteiger charge is 2.17. The zero-order valence-electron chi connectivity index (χ0n) is 16.9. The topological polar surface area (TPSA) is 86.6 Å². The minimum atomic E-state index is -0.364. The Labute approximate surface area is 161 Å². The Kier molecular flexibility index (Phi) is 10.4. The van der Waals surface area contributed by atoms with Gasteiger partial charge >= 0.3 is 5.97 Å². The van der Waals surface area contributed by atoms with Crippen LogP contribution in [0.5, 0.6) is 0 Å². The molecule has 0 bridgehead atoms. The molecule has 1 heterocycles. The first-order valence-electron chi connectivity index (χ1n) is 9.45. The third kappa shape index (κ3) is 8.39. The molecule has 0 radical (unpaired) electrons. The lowest BCUT2D eigenvalue weighted by Gasteiger charge is -2.09. The van der Waals surface area contributed by atoms with Gasteiger partial charge in [0.1, 0.15) is 0 Å². The second kappa shape index (κ2) is 12.3. The molecule has 7 nitrogen and oxygen atoms in total. The number of ether oxygens (including phenoxy) is 2. The molecule has 0 fully saturated rings. The van der Waals surface area contributed by atoms with Crippen molar-refractivity contribution >= 4 is 17.7 Å². The van der Waals surface area contributed by atoms with Crippen LogP contribution in [0.3, 0.4) is 0 Å². The fourth-order valence-electron chi connectivity index (χ4n) is 2.93. The molecule has 1 amide bonds. The van der Waals surface area contributed by atoms with Crippen molar-refractivity contribution in [3.63, 3.8) is 0 Å². The maximum Gasteiger partial charge on any atom is 0.306 e. The second-order valence-electron chi connectivity index (χ2n) is 6.66. The van der Waals surface area contributed by atoms with Crippen molar-refractivity contribution in [3.8, 4) is 0 Å². The molecule has 27 heavy (non-hydrogen) atoms. The van der Waals surface area contributed by atoms with E-state index in [4.69, 9.17) is 9.47 Å². The van der Waals surface area contributed by atoms with E-state index in [0.717, 1.165) is 37.2 Å². The van der Waals surface area contributed by atoms with Gasteiger partial charge in [-0.15, -0.1) is 0 Å². The smallest absolute Gasteiger partial charge is 0.306 e. The van der Waals surface area contributed by atoms with E-state index in [1.54, 1.807) is 7.11 Å². The van der Waals surface area contributed by atoms with Crippen molar-refractivity contribution in [1.29, 1.82) is 0 Å². The number of Topliss-reactive ketones (excluding diaryl/α,β-unsaturated/α-hetero) is 1. The van der Waals surface area contributed by atoms with Gasteiger partial charge in [-0.05, 0) is 39.2 Å². The van der Waals surface area contributed by atoms with Crippen LogP contribution in [0.15, 0.2) is 6.07 Å². The van der Waals surface area contributed by atoms with E-state index >= 15 is 0 Å². The van der Waals surface area contributed by atoms with Gasteiger partial charge in [0.15, 0.2) is 6.61 Å². The standard InChI is InChI=1S/C20H32N2O5/c1-15-13-18(16(2)22(15)11-8-12-26-4)19(24)14-27-20(25)9-6-5-7-10-21-17(3)23/h13H,5-12,14H2,1-4H3,(H,21,23).